The minimum Gasteiger partial charge on any atom is -0.443 e. The first-order valence-corrected chi connectivity index (χ1v) is 6.60. The Hall–Kier alpha value is -2.37. The molecule has 0 saturated carbocycles. The van der Waals surface area contributed by atoms with Crippen molar-refractivity contribution in [3.05, 3.63) is 35.9 Å². The molecule has 2 rings (SSSR count). The summed E-state index contributed by atoms with van der Waals surface area (Å²) in [4.78, 5) is 36.3. The highest BCUT2D eigenvalue weighted by molar-refractivity contribution is 6.04. The average molecular weight is 291 g/mol. The van der Waals surface area contributed by atoms with Crippen LogP contribution < -0.4 is 0 Å². The van der Waals surface area contributed by atoms with E-state index >= 15 is 0 Å². The zero-order valence-corrected chi connectivity index (χ0v) is 12.2. The van der Waals surface area contributed by atoms with Crippen molar-refractivity contribution in [2.75, 3.05) is 0 Å². The van der Waals surface area contributed by atoms with Gasteiger partial charge >= 0.3 is 18.2 Å². The summed E-state index contributed by atoms with van der Waals surface area (Å²) < 4.78 is 9.68. The van der Waals surface area contributed by atoms with Crippen LogP contribution in [0.4, 0.5) is 9.59 Å². The molecule has 0 aliphatic carbocycles. The van der Waals surface area contributed by atoms with E-state index in [0.717, 1.165) is 10.5 Å². The standard InChI is InChI=1S/C15H17NO5/c1-15(2,3)21-14(19)16-11(12(17)20-13(16)18)9-10-7-5-4-6-8-10/h4-8,11H,9H2,1-3H3/t11-/m1/s1. The maximum atomic E-state index is 12.1. The molecule has 0 bridgehead atoms. The van der Waals surface area contributed by atoms with Crippen LogP contribution in [0.1, 0.15) is 26.3 Å². The van der Waals surface area contributed by atoms with Gasteiger partial charge in [-0.3, -0.25) is 0 Å². The number of ether oxygens (including phenoxy) is 2. The van der Waals surface area contributed by atoms with Crippen LogP contribution >= 0.6 is 0 Å². The smallest absolute Gasteiger partial charge is 0.427 e. The minimum absolute atomic E-state index is 0.199. The van der Waals surface area contributed by atoms with Gasteiger partial charge in [0.1, 0.15) is 11.6 Å². The molecular formula is C15H17NO5. The molecule has 2 amide bonds. The van der Waals surface area contributed by atoms with Crippen LogP contribution in [0.25, 0.3) is 0 Å². The number of cyclic esters (lactones) is 2. The Morgan fingerprint density at radius 3 is 2.43 bits per heavy atom. The maximum Gasteiger partial charge on any atom is 0.427 e. The molecule has 0 aromatic heterocycles. The van der Waals surface area contributed by atoms with Gasteiger partial charge in [0, 0.05) is 6.42 Å². The summed E-state index contributed by atoms with van der Waals surface area (Å²) in [7, 11) is 0. The number of amides is 2. The second-order valence-corrected chi connectivity index (χ2v) is 5.74. The van der Waals surface area contributed by atoms with Crippen molar-refractivity contribution in [3.63, 3.8) is 0 Å². The Morgan fingerprint density at radius 2 is 1.86 bits per heavy atom. The molecule has 6 heteroatoms. The van der Waals surface area contributed by atoms with Crippen molar-refractivity contribution in [1.29, 1.82) is 0 Å². The van der Waals surface area contributed by atoms with Crippen LogP contribution in [0.15, 0.2) is 30.3 Å². The molecule has 1 aliphatic rings. The molecule has 0 N–H and O–H groups in total. The third-order valence-corrected chi connectivity index (χ3v) is 2.83. The van der Waals surface area contributed by atoms with Crippen LogP contribution in [0.5, 0.6) is 0 Å². The molecule has 0 unspecified atom stereocenters. The van der Waals surface area contributed by atoms with Gasteiger partial charge in [-0.15, -0.1) is 0 Å². The van der Waals surface area contributed by atoms with Crippen LogP contribution in [0.2, 0.25) is 0 Å². The van der Waals surface area contributed by atoms with E-state index in [1.807, 2.05) is 30.3 Å². The summed E-state index contributed by atoms with van der Waals surface area (Å²) in [6.07, 6.45) is -1.67. The summed E-state index contributed by atoms with van der Waals surface area (Å²) in [5.74, 6) is -0.741. The number of carbonyl (C=O) groups excluding carboxylic acids is 3. The normalized spacial score (nSPS) is 18.6. The summed E-state index contributed by atoms with van der Waals surface area (Å²) in [5.41, 5.74) is 0.0584. The summed E-state index contributed by atoms with van der Waals surface area (Å²) >= 11 is 0. The summed E-state index contributed by atoms with van der Waals surface area (Å²) in [6, 6.07) is 8.10. The second-order valence-electron chi connectivity index (χ2n) is 5.74. The predicted octanol–water partition coefficient (Wildman–Crippen LogP) is 2.51. The molecule has 21 heavy (non-hydrogen) atoms. The number of hydrogen-bond donors (Lipinski definition) is 0. The number of benzene rings is 1. The highest BCUT2D eigenvalue weighted by atomic mass is 16.6. The van der Waals surface area contributed by atoms with Crippen LogP contribution in [-0.2, 0) is 20.7 Å². The minimum atomic E-state index is -0.991. The number of rotatable bonds is 2. The number of imide groups is 1. The van der Waals surface area contributed by atoms with Gasteiger partial charge in [-0.05, 0) is 26.3 Å². The summed E-state index contributed by atoms with van der Waals surface area (Å²) in [5, 5.41) is 0. The molecule has 0 spiro atoms. The van der Waals surface area contributed by atoms with E-state index in [2.05, 4.69) is 4.74 Å². The molecule has 1 atom stereocenters. The number of hydrogen-bond acceptors (Lipinski definition) is 5. The van der Waals surface area contributed by atoms with Gasteiger partial charge in [-0.1, -0.05) is 30.3 Å². The number of nitrogens with zero attached hydrogens (tertiary/aromatic N) is 1. The van der Waals surface area contributed by atoms with Gasteiger partial charge < -0.3 is 9.47 Å². The quantitative estimate of drug-likeness (QED) is 0.618. The van der Waals surface area contributed by atoms with E-state index in [0.29, 0.717) is 0 Å². The Balaban J connectivity index is 2.19. The highest BCUT2D eigenvalue weighted by Crippen LogP contribution is 2.21. The van der Waals surface area contributed by atoms with E-state index in [-0.39, 0.29) is 6.42 Å². The monoisotopic (exact) mass is 291 g/mol. The fraction of sp³-hybridized carbons (Fsp3) is 0.400. The van der Waals surface area contributed by atoms with Gasteiger partial charge in [-0.2, -0.15) is 4.90 Å². The first-order chi connectivity index (χ1) is 9.78. The first-order valence-electron chi connectivity index (χ1n) is 6.60. The summed E-state index contributed by atoms with van der Waals surface area (Å²) in [6.45, 7) is 5.04. The van der Waals surface area contributed by atoms with E-state index in [1.54, 1.807) is 20.8 Å². The van der Waals surface area contributed by atoms with E-state index in [4.69, 9.17) is 4.74 Å². The predicted molar refractivity (Wildman–Crippen MR) is 73.5 cm³/mol. The number of carbonyl (C=O) groups is 3. The van der Waals surface area contributed by atoms with Crippen molar-refractivity contribution in [2.24, 2.45) is 0 Å². The Labute approximate surface area is 122 Å². The second kappa shape index (κ2) is 5.55. The third-order valence-electron chi connectivity index (χ3n) is 2.83. The van der Waals surface area contributed by atoms with Crippen molar-refractivity contribution < 1.29 is 23.9 Å². The van der Waals surface area contributed by atoms with Crippen LogP contribution in [0, 0.1) is 0 Å². The van der Waals surface area contributed by atoms with E-state index in [1.165, 1.54) is 0 Å². The molecule has 6 nitrogen and oxygen atoms in total. The van der Waals surface area contributed by atoms with E-state index in [9.17, 15) is 14.4 Å². The van der Waals surface area contributed by atoms with Crippen LogP contribution in [-0.4, -0.2) is 34.7 Å². The van der Waals surface area contributed by atoms with Crippen molar-refractivity contribution >= 4 is 18.2 Å². The molecule has 1 fully saturated rings. The van der Waals surface area contributed by atoms with Gasteiger partial charge in [0.15, 0.2) is 0 Å². The van der Waals surface area contributed by atoms with Crippen molar-refractivity contribution in [3.8, 4) is 0 Å². The van der Waals surface area contributed by atoms with Crippen LogP contribution in [0.3, 0.4) is 0 Å². The lowest BCUT2D eigenvalue weighted by molar-refractivity contribution is -0.135. The first kappa shape index (κ1) is 15.0. The Morgan fingerprint density at radius 1 is 1.24 bits per heavy atom. The van der Waals surface area contributed by atoms with Gasteiger partial charge in [-0.25, -0.2) is 14.4 Å². The molecule has 112 valence electrons. The fourth-order valence-corrected chi connectivity index (χ4v) is 1.96. The fourth-order valence-electron chi connectivity index (χ4n) is 1.96. The lowest BCUT2D eigenvalue weighted by Crippen LogP contribution is -2.44. The highest BCUT2D eigenvalue weighted by Gasteiger charge is 2.46. The molecule has 1 aromatic carbocycles. The van der Waals surface area contributed by atoms with Gasteiger partial charge in [0.2, 0.25) is 0 Å². The SMILES string of the molecule is CC(C)(C)OC(=O)N1C(=O)OC(=O)[C@H]1Cc1ccccc1. The molecule has 1 saturated heterocycles. The lowest BCUT2D eigenvalue weighted by Gasteiger charge is -2.24. The van der Waals surface area contributed by atoms with E-state index < -0.39 is 29.8 Å². The Bertz CT molecular complexity index is 561. The van der Waals surface area contributed by atoms with Gasteiger partial charge in [0.25, 0.3) is 0 Å². The largest absolute Gasteiger partial charge is 0.443 e. The molecule has 0 radical (unpaired) electrons. The third kappa shape index (κ3) is 3.59. The topological polar surface area (TPSA) is 72.9 Å². The Kier molecular flexibility index (Phi) is 3.97. The van der Waals surface area contributed by atoms with Crippen molar-refractivity contribution in [1.82, 2.24) is 4.90 Å². The zero-order valence-electron chi connectivity index (χ0n) is 12.2. The molecule has 1 aromatic rings. The van der Waals surface area contributed by atoms with Crippen molar-refractivity contribution in [2.45, 2.75) is 38.8 Å². The zero-order chi connectivity index (χ0) is 15.6. The molecular weight excluding hydrogens is 274 g/mol. The lowest BCUT2D eigenvalue weighted by atomic mass is 10.1. The van der Waals surface area contributed by atoms with Gasteiger partial charge in [0.05, 0.1) is 0 Å². The number of esters is 1. The molecule has 1 aliphatic heterocycles. The maximum absolute atomic E-state index is 12.1. The molecule has 1 heterocycles. The average Bonchev–Trinajstić information content (AvgIpc) is 2.63.